The molecule has 2 aromatic carbocycles. The van der Waals surface area contributed by atoms with Crippen LogP contribution in [0.15, 0.2) is 60.3 Å². The van der Waals surface area contributed by atoms with Gasteiger partial charge >= 0.3 is 11.9 Å². The number of nitrogens with one attached hydrogen (secondary N) is 1. The van der Waals surface area contributed by atoms with E-state index in [9.17, 15) is 14.4 Å². The second-order valence-corrected chi connectivity index (χ2v) is 7.24. The topological polar surface area (TPSA) is 84.9 Å². The number of hydrogen-bond donors (Lipinski definition) is 1. The maximum atomic E-state index is 12.0. The van der Waals surface area contributed by atoms with Crippen LogP contribution in [0.4, 0.5) is 5.69 Å². The molecular formula is C22H22N2O5. The van der Waals surface area contributed by atoms with Crippen molar-refractivity contribution < 1.29 is 23.9 Å². The quantitative estimate of drug-likeness (QED) is 0.487. The van der Waals surface area contributed by atoms with Gasteiger partial charge in [-0.05, 0) is 35.4 Å². The fourth-order valence-electron chi connectivity index (χ4n) is 2.76. The number of rotatable bonds is 4. The summed E-state index contributed by atoms with van der Waals surface area (Å²) in [5.74, 6) is -2.78. The molecule has 7 heteroatoms. The molecule has 1 fully saturated rings. The summed E-state index contributed by atoms with van der Waals surface area (Å²) in [5, 5.41) is 2.90. The number of esters is 2. The van der Waals surface area contributed by atoms with E-state index < -0.39 is 17.7 Å². The highest BCUT2D eigenvalue weighted by Crippen LogP contribution is 2.24. The van der Waals surface area contributed by atoms with Crippen LogP contribution in [-0.2, 0) is 19.1 Å². The summed E-state index contributed by atoms with van der Waals surface area (Å²) in [7, 11) is 3.43. The maximum Gasteiger partial charge on any atom is 0.350 e. The third-order valence-corrected chi connectivity index (χ3v) is 4.26. The normalized spacial score (nSPS) is 15.2. The molecular weight excluding hydrogens is 372 g/mol. The molecule has 0 radical (unpaired) electrons. The van der Waals surface area contributed by atoms with Crippen LogP contribution in [0.25, 0.3) is 11.1 Å². The Morgan fingerprint density at radius 3 is 1.86 bits per heavy atom. The number of amides is 1. The predicted octanol–water partition coefficient (Wildman–Crippen LogP) is 3.19. The Morgan fingerprint density at radius 1 is 0.897 bits per heavy atom. The first-order valence-corrected chi connectivity index (χ1v) is 9.02. The molecule has 1 N–H and O–H groups in total. The Kier molecular flexibility index (Phi) is 5.41. The van der Waals surface area contributed by atoms with Crippen LogP contribution >= 0.6 is 0 Å². The number of anilines is 1. The van der Waals surface area contributed by atoms with E-state index in [1.165, 1.54) is 24.9 Å². The van der Waals surface area contributed by atoms with Gasteiger partial charge < -0.3 is 19.7 Å². The first-order valence-electron chi connectivity index (χ1n) is 9.02. The van der Waals surface area contributed by atoms with Crippen molar-refractivity contribution in [3.8, 4) is 11.1 Å². The van der Waals surface area contributed by atoms with Crippen molar-refractivity contribution in [2.75, 3.05) is 19.4 Å². The van der Waals surface area contributed by atoms with Gasteiger partial charge in [-0.2, -0.15) is 0 Å². The van der Waals surface area contributed by atoms with Gasteiger partial charge in [-0.1, -0.05) is 24.3 Å². The number of benzene rings is 2. The van der Waals surface area contributed by atoms with Crippen molar-refractivity contribution in [2.24, 2.45) is 0 Å². The van der Waals surface area contributed by atoms with Gasteiger partial charge in [0.2, 0.25) is 0 Å². The number of ether oxygens (including phenoxy) is 2. The molecule has 0 spiro atoms. The summed E-state index contributed by atoms with van der Waals surface area (Å²) < 4.78 is 10.1. The molecule has 0 bridgehead atoms. The highest BCUT2D eigenvalue weighted by Gasteiger charge is 2.38. The van der Waals surface area contributed by atoms with E-state index in [2.05, 4.69) is 5.32 Å². The fourth-order valence-corrected chi connectivity index (χ4v) is 2.76. The highest BCUT2D eigenvalue weighted by atomic mass is 16.7. The Bertz CT molecular complexity index is 951. The minimum atomic E-state index is -1.26. The molecule has 0 aliphatic carbocycles. The van der Waals surface area contributed by atoms with Gasteiger partial charge in [0.1, 0.15) is 0 Å². The first kappa shape index (κ1) is 20.1. The second kappa shape index (κ2) is 7.79. The average Bonchev–Trinajstić information content (AvgIpc) is 2.66. The molecule has 0 atom stereocenters. The highest BCUT2D eigenvalue weighted by molar-refractivity contribution is 6.15. The van der Waals surface area contributed by atoms with E-state index in [0.29, 0.717) is 11.3 Å². The number of hydrogen-bond acceptors (Lipinski definition) is 6. The summed E-state index contributed by atoms with van der Waals surface area (Å²) in [6.45, 7) is 2.99. The summed E-state index contributed by atoms with van der Waals surface area (Å²) in [6, 6.07) is 14.8. The maximum absolute atomic E-state index is 12.0. The lowest BCUT2D eigenvalue weighted by atomic mass is 10.0. The molecule has 1 aliphatic rings. The first-order chi connectivity index (χ1) is 13.7. The Balaban J connectivity index is 1.70. The number of carbonyl (C=O) groups excluding carboxylic acids is 3. The Labute approximate surface area is 168 Å². The molecule has 1 saturated heterocycles. The summed E-state index contributed by atoms with van der Waals surface area (Å²) in [6.07, 6.45) is 1.27. The lowest BCUT2D eigenvalue weighted by molar-refractivity contribution is -0.222. The van der Waals surface area contributed by atoms with Crippen LogP contribution in [0.2, 0.25) is 0 Å². The van der Waals surface area contributed by atoms with Crippen molar-refractivity contribution in [3.63, 3.8) is 0 Å². The Morgan fingerprint density at radius 2 is 1.38 bits per heavy atom. The second-order valence-electron chi connectivity index (χ2n) is 7.24. The van der Waals surface area contributed by atoms with Crippen LogP contribution in [0.1, 0.15) is 24.2 Å². The van der Waals surface area contributed by atoms with Crippen LogP contribution in [0.5, 0.6) is 0 Å². The molecule has 2 aromatic rings. The van der Waals surface area contributed by atoms with Gasteiger partial charge in [-0.3, -0.25) is 4.79 Å². The molecule has 0 aromatic heterocycles. The number of cyclic esters (lactones) is 2. The summed E-state index contributed by atoms with van der Waals surface area (Å²) in [5.41, 5.74) is 3.04. The molecule has 150 valence electrons. The third-order valence-electron chi connectivity index (χ3n) is 4.26. The molecule has 29 heavy (non-hydrogen) atoms. The Hall–Kier alpha value is -3.61. The van der Waals surface area contributed by atoms with Gasteiger partial charge in [0.15, 0.2) is 5.57 Å². The molecule has 1 amide bonds. The third kappa shape index (κ3) is 4.63. The number of carbonyl (C=O) groups is 3. The van der Waals surface area contributed by atoms with Gasteiger partial charge in [-0.25, -0.2) is 9.59 Å². The SMILES string of the molecule is CN(C)C(=O)c1ccc(-c2ccc(NC=C3C(=O)OC(C)(C)OC3=O)cc2)cc1. The van der Waals surface area contributed by atoms with Crippen molar-refractivity contribution >= 4 is 23.5 Å². The average molecular weight is 394 g/mol. The molecule has 1 aliphatic heterocycles. The fraction of sp³-hybridized carbons (Fsp3) is 0.227. The van der Waals surface area contributed by atoms with Crippen LogP contribution < -0.4 is 5.32 Å². The molecule has 0 unspecified atom stereocenters. The van der Waals surface area contributed by atoms with Crippen molar-refractivity contribution in [1.29, 1.82) is 0 Å². The van der Waals surface area contributed by atoms with Gasteiger partial charge in [0.25, 0.3) is 11.7 Å². The van der Waals surface area contributed by atoms with E-state index in [1.807, 2.05) is 36.4 Å². The minimum Gasteiger partial charge on any atom is -0.419 e. The van der Waals surface area contributed by atoms with E-state index in [4.69, 9.17) is 9.47 Å². The molecule has 1 heterocycles. The van der Waals surface area contributed by atoms with E-state index >= 15 is 0 Å². The number of nitrogens with zero attached hydrogens (tertiary/aromatic N) is 1. The summed E-state index contributed by atoms with van der Waals surface area (Å²) in [4.78, 5) is 37.4. The van der Waals surface area contributed by atoms with Crippen molar-refractivity contribution in [2.45, 2.75) is 19.6 Å². The zero-order valence-electron chi connectivity index (χ0n) is 16.7. The van der Waals surface area contributed by atoms with Crippen LogP contribution in [0.3, 0.4) is 0 Å². The zero-order chi connectivity index (χ0) is 21.2. The minimum absolute atomic E-state index is 0.0488. The smallest absolute Gasteiger partial charge is 0.350 e. The lowest BCUT2D eigenvalue weighted by Gasteiger charge is -2.29. The van der Waals surface area contributed by atoms with Gasteiger partial charge in [0, 0.05) is 45.4 Å². The predicted molar refractivity (Wildman–Crippen MR) is 108 cm³/mol. The monoisotopic (exact) mass is 394 g/mol. The lowest BCUT2D eigenvalue weighted by Crippen LogP contribution is -2.42. The van der Waals surface area contributed by atoms with Gasteiger partial charge in [0.05, 0.1) is 0 Å². The summed E-state index contributed by atoms with van der Waals surface area (Å²) >= 11 is 0. The van der Waals surface area contributed by atoms with Crippen molar-refractivity contribution in [3.05, 3.63) is 65.9 Å². The largest absolute Gasteiger partial charge is 0.419 e. The molecule has 3 rings (SSSR count). The molecule has 7 nitrogen and oxygen atoms in total. The van der Waals surface area contributed by atoms with Gasteiger partial charge in [-0.15, -0.1) is 0 Å². The zero-order valence-corrected chi connectivity index (χ0v) is 16.7. The van der Waals surface area contributed by atoms with Crippen LogP contribution in [0, 0.1) is 0 Å². The standard InChI is InChI=1S/C22H22N2O5/c1-22(2)28-20(26)18(21(27)29-22)13-23-17-11-9-15(10-12-17)14-5-7-16(8-6-14)19(25)24(3)4/h5-13,23H,1-4H3. The van der Waals surface area contributed by atoms with E-state index in [0.717, 1.165) is 11.1 Å². The van der Waals surface area contributed by atoms with E-state index in [-0.39, 0.29) is 11.5 Å². The molecule has 0 saturated carbocycles. The van der Waals surface area contributed by atoms with E-state index in [1.54, 1.807) is 26.2 Å². The van der Waals surface area contributed by atoms with Crippen LogP contribution in [-0.4, -0.2) is 42.6 Å². The van der Waals surface area contributed by atoms with Crippen molar-refractivity contribution in [1.82, 2.24) is 4.90 Å².